The van der Waals surface area contributed by atoms with Crippen molar-refractivity contribution in [2.45, 2.75) is 4.90 Å². The minimum atomic E-state index is -4.36. The van der Waals surface area contributed by atoms with Gasteiger partial charge in [0.15, 0.2) is 0 Å². The highest BCUT2D eigenvalue weighted by atomic mass is 32.2. The van der Waals surface area contributed by atoms with Crippen molar-refractivity contribution in [2.75, 3.05) is 5.32 Å². The fourth-order valence-electron chi connectivity index (χ4n) is 2.46. The molecular formula is C18H13NO6S. The summed E-state index contributed by atoms with van der Waals surface area (Å²) >= 11 is 0. The van der Waals surface area contributed by atoms with E-state index in [0.29, 0.717) is 16.3 Å². The van der Waals surface area contributed by atoms with Crippen LogP contribution in [0.3, 0.4) is 0 Å². The number of amides is 1. The van der Waals surface area contributed by atoms with Gasteiger partial charge in [-0.2, -0.15) is 8.42 Å². The summed E-state index contributed by atoms with van der Waals surface area (Å²) in [6.45, 7) is 0. The quantitative estimate of drug-likeness (QED) is 0.606. The fourth-order valence-corrected chi connectivity index (χ4v) is 2.98. The predicted molar refractivity (Wildman–Crippen MR) is 95.1 cm³/mol. The second-order valence-electron chi connectivity index (χ2n) is 5.54. The smallest absolute Gasteiger partial charge is 0.335 e. The van der Waals surface area contributed by atoms with Crippen LogP contribution in [0.5, 0.6) is 0 Å². The van der Waals surface area contributed by atoms with Crippen LogP contribution in [-0.4, -0.2) is 30.0 Å². The number of anilines is 1. The van der Waals surface area contributed by atoms with Crippen molar-refractivity contribution in [3.63, 3.8) is 0 Å². The first-order valence-corrected chi connectivity index (χ1v) is 8.84. The van der Waals surface area contributed by atoms with Crippen LogP contribution in [0.15, 0.2) is 65.6 Å². The molecule has 0 spiro atoms. The van der Waals surface area contributed by atoms with Crippen molar-refractivity contribution >= 4 is 38.5 Å². The molecule has 1 amide bonds. The Balaban J connectivity index is 1.88. The van der Waals surface area contributed by atoms with E-state index in [1.54, 1.807) is 18.2 Å². The lowest BCUT2D eigenvalue weighted by Gasteiger charge is -2.08. The Morgan fingerprint density at radius 2 is 1.46 bits per heavy atom. The highest BCUT2D eigenvalue weighted by Gasteiger charge is 2.12. The number of aromatic carboxylic acids is 1. The lowest BCUT2D eigenvalue weighted by molar-refractivity contribution is 0.0696. The molecule has 132 valence electrons. The maximum absolute atomic E-state index is 12.4. The zero-order valence-electron chi connectivity index (χ0n) is 13.2. The van der Waals surface area contributed by atoms with Gasteiger partial charge in [0, 0.05) is 11.3 Å². The Labute approximate surface area is 148 Å². The van der Waals surface area contributed by atoms with Crippen LogP contribution in [0.4, 0.5) is 5.69 Å². The summed E-state index contributed by atoms with van der Waals surface area (Å²) < 4.78 is 31.4. The second-order valence-corrected chi connectivity index (χ2v) is 6.96. The van der Waals surface area contributed by atoms with E-state index in [1.165, 1.54) is 36.4 Å². The van der Waals surface area contributed by atoms with Crippen LogP contribution >= 0.6 is 0 Å². The lowest BCUT2D eigenvalue weighted by Crippen LogP contribution is -2.12. The Hall–Kier alpha value is -3.23. The zero-order chi connectivity index (χ0) is 18.9. The Kier molecular flexibility index (Phi) is 4.45. The van der Waals surface area contributed by atoms with Crippen molar-refractivity contribution in [3.05, 3.63) is 71.8 Å². The van der Waals surface area contributed by atoms with Gasteiger partial charge in [0.2, 0.25) is 0 Å². The molecule has 0 saturated heterocycles. The van der Waals surface area contributed by atoms with Gasteiger partial charge < -0.3 is 10.4 Å². The molecule has 0 aliphatic heterocycles. The lowest BCUT2D eigenvalue weighted by atomic mass is 10.0. The van der Waals surface area contributed by atoms with Gasteiger partial charge in [-0.05, 0) is 53.2 Å². The molecule has 7 nitrogen and oxygen atoms in total. The summed E-state index contributed by atoms with van der Waals surface area (Å²) in [5, 5.41) is 12.9. The Morgan fingerprint density at radius 3 is 2.08 bits per heavy atom. The molecule has 0 heterocycles. The minimum absolute atomic E-state index is 0.150. The number of carboxylic acid groups (broad SMARTS) is 1. The Bertz CT molecular complexity index is 1140. The monoisotopic (exact) mass is 371 g/mol. The summed E-state index contributed by atoms with van der Waals surface area (Å²) in [6, 6.07) is 14.6. The number of fused-ring (bicyclic) bond motifs is 1. The van der Waals surface area contributed by atoms with Crippen LogP contribution in [0.1, 0.15) is 20.7 Å². The number of carbonyl (C=O) groups excluding carboxylic acids is 1. The summed E-state index contributed by atoms with van der Waals surface area (Å²) in [5.74, 6) is -1.51. The van der Waals surface area contributed by atoms with E-state index in [1.807, 2.05) is 0 Å². The standard InChI is InChI=1S/C18H13NO6S/c20-17(19-15-2-1-3-16(10-15)26(23,24)25)13-6-4-12-9-14(18(21)22)7-5-11(12)8-13/h1-10H,(H,19,20)(H,21,22)(H,23,24,25). The third kappa shape index (κ3) is 3.71. The molecule has 0 saturated carbocycles. The third-order valence-corrected chi connectivity index (χ3v) is 4.59. The average molecular weight is 371 g/mol. The number of nitrogens with one attached hydrogen (secondary N) is 1. The molecule has 0 aliphatic carbocycles. The molecule has 0 unspecified atom stereocenters. The predicted octanol–water partition coefficient (Wildman–Crippen LogP) is 3.04. The van der Waals surface area contributed by atoms with Gasteiger partial charge >= 0.3 is 5.97 Å². The van der Waals surface area contributed by atoms with E-state index in [9.17, 15) is 18.0 Å². The molecule has 0 radical (unpaired) electrons. The summed E-state index contributed by atoms with van der Waals surface area (Å²) in [7, 11) is -4.36. The molecule has 0 fully saturated rings. The first kappa shape index (κ1) is 17.6. The van der Waals surface area contributed by atoms with Gasteiger partial charge in [-0.1, -0.05) is 18.2 Å². The van der Waals surface area contributed by atoms with Gasteiger partial charge in [-0.3, -0.25) is 9.35 Å². The van der Waals surface area contributed by atoms with E-state index >= 15 is 0 Å². The highest BCUT2D eigenvalue weighted by Crippen LogP contribution is 2.20. The largest absolute Gasteiger partial charge is 0.478 e. The third-order valence-electron chi connectivity index (χ3n) is 3.74. The van der Waals surface area contributed by atoms with Gasteiger partial charge in [0.1, 0.15) is 0 Å². The maximum atomic E-state index is 12.4. The van der Waals surface area contributed by atoms with E-state index in [2.05, 4.69) is 5.32 Å². The first-order chi connectivity index (χ1) is 12.2. The van der Waals surface area contributed by atoms with Crippen LogP contribution in [0.25, 0.3) is 10.8 Å². The van der Waals surface area contributed by atoms with Crippen molar-refractivity contribution in [2.24, 2.45) is 0 Å². The van der Waals surface area contributed by atoms with E-state index in [-0.39, 0.29) is 16.1 Å². The van der Waals surface area contributed by atoms with Gasteiger partial charge in [0.05, 0.1) is 10.5 Å². The number of rotatable bonds is 4. The van der Waals surface area contributed by atoms with Gasteiger partial charge in [0.25, 0.3) is 16.0 Å². The molecule has 8 heteroatoms. The van der Waals surface area contributed by atoms with E-state index < -0.39 is 22.0 Å². The fraction of sp³-hybridized carbons (Fsp3) is 0. The van der Waals surface area contributed by atoms with Crippen LogP contribution in [-0.2, 0) is 10.1 Å². The molecular weight excluding hydrogens is 358 g/mol. The molecule has 26 heavy (non-hydrogen) atoms. The molecule has 0 aromatic heterocycles. The number of benzene rings is 3. The number of hydrogen-bond donors (Lipinski definition) is 3. The van der Waals surface area contributed by atoms with Crippen molar-refractivity contribution in [3.8, 4) is 0 Å². The normalized spacial score (nSPS) is 11.3. The molecule has 0 atom stereocenters. The van der Waals surface area contributed by atoms with E-state index in [0.717, 1.165) is 6.07 Å². The molecule has 3 aromatic carbocycles. The molecule has 0 bridgehead atoms. The summed E-state index contributed by atoms with van der Waals surface area (Å²) in [4.78, 5) is 23.0. The van der Waals surface area contributed by atoms with Crippen LogP contribution in [0, 0.1) is 0 Å². The number of hydrogen-bond acceptors (Lipinski definition) is 4. The van der Waals surface area contributed by atoms with Crippen LogP contribution < -0.4 is 5.32 Å². The molecule has 3 rings (SSSR count). The topological polar surface area (TPSA) is 121 Å². The molecule has 3 N–H and O–H groups in total. The second kappa shape index (κ2) is 6.58. The van der Waals surface area contributed by atoms with Crippen LogP contribution in [0.2, 0.25) is 0 Å². The first-order valence-electron chi connectivity index (χ1n) is 7.40. The number of carboxylic acids is 1. The van der Waals surface area contributed by atoms with E-state index in [4.69, 9.17) is 9.66 Å². The van der Waals surface area contributed by atoms with Crippen molar-refractivity contribution in [1.29, 1.82) is 0 Å². The zero-order valence-corrected chi connectivity index (χ0v) is 14.0. The minimum Gasteiger partial charge on any atom is -0.478 e. The van der Waals surface area contributed by atoms with Crippen molar-refractivity contribution in [1.82, 2.24) is 0 Å². The summed E-state index contributed by atoms with van der Waals surface area (Å²) in [5.41, 5.74) is 0.681. The number of carbonyl (C=O) groups is 2. The highest BCUT2D eigenvalue weighted by molar-refractivity contribution is 7.85. The molecule has 0 aliphatic rings. The van der Waals surface area contributed by atoms with Crippen molar-refractivity contribution < 1.29 is 27.7 Å². The van der Waals surface area contributed by atoms with Gasteiger partial charge in [-0.15, -0.1) is 0 Å². The van der Waals surface area contributed by atoms with Gasteiger partial charge in [-0.25, -0.2) is 4.79 Å². The Morgan fingerprint density at radius 1 is 0.846 bits per heavy atom. The average Bonchev–Trinajstić information content (AvgIpc) is 2.60. The maximum Gasteiger partial charge on any atom is 0.335 e. The SMILES string of the molecule is O=C(O)c1ccc2cc(C(=O)Nc3cccc(S(=O)(=O)O)c3)ccc2c1. The molecule has 3 aromatic rings. The summed E-state index contributed by atoms with van der Waals surface area (Å²) in [6.07, 6.45) is 0.